The van der Waals surface area contributed by atoms with Gasteiger partial charge in [-0.25, -0.2) is 0 Å². The van der Waals surface area contributed by atoms with E-state index in [1.807, 2.05) is 13.8 Å². The average molecular weight is 971 g/mol. The van der Waals surface area contributed by atoms with Crippen molar-refractivity contribution < 1.29 is 93.8 Å². The molecule has 0 radical (unpaired) electrons. The Bertz CT molecular complexity index is 1910. The molecule has 3 aliphatic heterocycles. The molecular formula is C49H78O19. The van der Waals surface area contributed by atoms with Gasteiger partial charge in [0.1, 0.15) is 72.9 Å². The normalized spacial score (nSPS) is 53.2. The molecular weight excluding hydrogens is 893 g/mol. The minimum Gasteiger partial charge on any atom is -0.432 e. The van der Waals surface area contributed by atoms with Gasteiger partial charge in [-0.1, -0.05) is 60.1 Å². The van der Waals surface area contributed by atoms with Crippen LogP contribution in [0.25, 0.3) is 0 Å². The smallest absolute Gasteiger partial charge is 0.315 e. The van der Waals surface area contributed by atoms with E-state index in [9.17, 15) is 55.9 Å². The molecule has 19 heteroatoms. The molecule has 24 atom stereocenters. The molecule has 4 saturated carbocycles. The first-order chi connectivity index (χ1) is 31.6. The lowest BCUT2D eigenvalue weighted by atomic mass is 9.33. The Labute approximate surface area is 398 Å². The lowest BCUT2D eigenvalue weighted by molar-refractivity contribution is -0.361. The molecule has 19 nitrogen and oxygen atoms in total. The van der Waals surface area contributed by atoms with Crippen LogP contribution in [0, 0.1) is 50.2 Å². The highest BCUT2D eigenvalue weighted by molar-refractivity contribution is 5.85. The minimum atomic E-state index is -1.91. The maximum atomic E-state index is 15.1. The Morgan fingerprint density at radius 2 is 1.37 bits per heavy atom. The molecule has 0 aromatic rings. The fraction of sp³-hybridized carbons (Fsp3) is 0.918. The van der Waals surface area contributed by atoms with Gasteiger partial charge in [0.05, 0.1) is 36.9 Å². The number of methoxy groups -OCH3 is 1. The number of ketones is 1. The summed E-state index contributed by atoms with van der Waals surface area (Å²) in [7, 11) is 1.72. The van der Waals surface area contributed by atoms with E-state index in [0.717, 1.165) is 24.8 Å². The van der Waals surface area contributed by atoms with Crippen molar-refractivity contribution in [1.82, 2.24) is 0 Å². The molecule has 10 N–H and O–H groups in total. The van der Waals surface area contributed by atoms with Gasteiger partial charge >= 0.3 is 5.97 Å². The number of hydrogen-bond donors (Lipinski definition) is 10. The van der Waals surface area contributed by atoms with Gasteiger partial charge in [0.2, 0.25) is 6.29 Å². The molecule has 5 aliphatic carbocycles. The number of Topliss-reactive ketones (excluding diaryl/α,β-unsaturated/α-hetero) is 1. The molecule has 0 amide bonds. The number of aliphatic hydroxyl groups excluding tert-OH is 10. The molecule has 0 aromatic carbocycles. The van der Waals surface area contributed by atoms with E-state index in [0.29, 0.717) is 31.5 Å². The largest absolute Gasteiger partial charge is 0.432 e. The Hall–Kier alpha value is -1.76. The molecule has 68 heavy (non-hydrogen) atoms. The zero-order valence-corrected chi connectivity index (χ0v) is 40.8. The first-order valence-corrected chi connectivity index (χ1v) is 24.6. The molecule has 0 spiro atoms. The molecule has 388 valence electrons. The Morgan fingerprint density at radius 3 is 2.03 bits per heavy atom. The van der Waals surface area contributed by atoms with Gasteiger partial charge < -0.3 is 84.2 Å². The highest BCUT2D eigenvalue weighted by Crippen LogP contribution is 2.76. The third-order valence-corrected chi connectivity index (χ3v) is 19.4. The van der Waals surface area contributed by atoms with Gasteiger partial charge in [-0.05, 0) is 85.4 Å². The molecule has 3 heterocycles. The van der Waals surface area contributed by atoms with Crippen LogP contribution in [-0.2, 0) is 42.7 Å². The van der Waals surface area contributed by atoms with Gasteiger partial charge in [0.25, 0.3) is 0 Å². The van der Waals surface area contributed by atoms with E-state index in [2.05, 4.69) is 40.7 Å². The van der Waals surface area contributed by atoms with Crippen molar-refractivity contribution in [3.63, 3.8) is 0 Å². The summed E-state index contributed by atoms with van der Waals surface area (Å²) in [5.41, 5.74) is -2.19. The van der Waals surface area contributed by atoms with Crippen LogP contribution in [-0.4, -0.2) is 187 Å². The monoisotopic (exact) mass is 971 g/mol. The maximum absolute atomic E-state index is 15.1. The van der Waals surface area contributed by atoms with Crippen molar-refractivity contribution in [2.24, 2.45) is 50.2 Å². The number of fused-ring (bicyclic) bond motifs is 7. The van der Waals surface area contributed by atoms with Crippen LogP contribution in [0.2, 0.25) is 0 Å². The van der Waals surface area contributed by atoms with Gasteiger partial charge in [-0.15, -0.1) is 0 Å². The van der Waals surface area contributed by atoms with E-state index >= 15 is 4.79 Å². The van der Waals surface area contributed by atoms with Crippen molar-refractivity contribution in [3.8, 4) is 0 Å². The van der Waals surface area contributed by atoms with Crippen LogP contribution in [0.4, 0.5) is 0 Å². The summed E-state index contributed by atoms with van der Waals surface area (Å²) >= 11 is 0. The third kappa shape index (κ3) is 8.00. The number of allylic oxidation sites excluding steroid dienone is 1. The number of esters is 1. The second-order valence-corrected chi connectivity index (χ2v) is 23.7. The van der Waals surface area contributed by atoms with E-state index in [1.165, 1.54) is 6.92 Å². The predicted octanol–water partition coefficient (Wildman–Crippen LogP) is -0.0280. The van der Waals surface area contributed by atoms with Crippen LogP contribution in [0.15, 0.2) is 11.6 Å². The SMILES string of the molecule is COC1C=C2C3CC(C)(C)C(O)CC3(C(=O)OC3OC(COC4OC(CO)C(OC5OC(C)C(O)C(O)C5O)C(O)C4O)C(O)C(O)C3O)CCC2(C)C2(C)CCC3C(C)(C)C(=O)CCC3(C)C12. The lowest BCUT2D eigenvalue weighted by Gasteiger charge is -2.71. The minimum absolute atomic E-state index is 0.0503. The highest BCUT2D eigenvalue weighted by atomic mass is 16.8. The molecule has 8 aliphatic rings. The Balaban J connectivity index is 1.01. The Morgan fingerprint density at radius 1 is 0.735 bits per heavy atom. The number of rotatable bonds is 9. The summed E-state index contributed by atoms with van der Waals surface area (Å²) in [4.78, 5) is 28.5. The second-order valence-electron chi connectivity index (χ2n) is 23.7. The topological polar surface area (TPSA) is 301 Å². The molecule has 0 bridgehead atoms. The number of ether oxygens (including phenoxy) is 7. The summed E-state index contributed by atoms with van der Waals surface area (Å²) in [6.07, 6.45) is -19.3. The van der Waals surface area contributed by atoms with E-state index in [4.69, 9.17) is 33.2 Å². The van der Waals surface area contributed by atoms with E-state index < -0.39 is 145 Å². The second kappa shape index (κ2) is 18.3. The number of hydrogen-bond acceptors (Lipinski definition) is 19. The predicted molar refractivity (Wildman–Crippen MR) is 235 cm³/mol. The van der Waals surface area contributed by atoms with Crippen molar-refractivity contribution >= 4 is 11.8 Å². The summed E-state index contributed by atoms with van der Waals surface area (Å²) < 4.78 is 41.1. The lowest BCUT2D eigenvalue weighted by Crippen LogP contribution is -2.68. The van der Waals surface area contributed by atoms with Gasteiger partial charge in [0, 0.05) is 24.9 Å². The van der Waals surface area contributed by atoms with Crippen LogP contribution >= 0.6 is 0 Å². The summed E-state index contributed by atoms with van der Waals surface area (Å²) in [5.74, 6) is -0.624. The zero-order valence-electron chi connectivity index (χ0n) is 40.8. The van der Waals surface area contributed by atoms with Crippen molar-refractivity contribution in [3.05, 3.63) is 11.6 Å². The van der Waals surface area contributed by atoms with Crippen LogP contribution in [0.1, 0.15) is 107 Å². The van der Waals surface area contributed by atoms with Crippen LogP contribution in [0.3, 0.4) is 0 Å². The summed E-state index contributed by atoms with van der Waals surface area (Å²) in [5, 5.41) is 108. The van der Waals surface area contributed by atoms with Gasteiger partial charge in [-0.2, -0.15) is 0 Å². The van der Waals surface area contributed by atoms with Gasteiger partial charge in [0.15, 0.2) is 12.6 Å². The fourth-order valence-corrected chi connectivity index (χ4v) is 14.9. The molecule has 3 saturated heterocycles. The number of aliphatic hydroxyl groups is 10. The fourth-order valence-electron chi connectivity index (χ4n) is 14.9. The summed E-state index contributed by atoms with van der Waals surface area (Å²) in [6, 6.07) is 0. The quantitative estimate of drug-likeness (QED) is 0.107. The van der Waals surface area contributed by atoms with Crippen LogP contribution in [0.5, 0.6) is 0 Å². The Kier molecular flexibility index (Phi) is 14.2. The molecule has 7 fully saturated rings. The number of carbonyl (C=O) groups excluding carboxylic acids is 2. The number of carbonyl (C=O) groups is 2. The standard InChI is InChI=1S/C49H78O19/c1-21-30(53)32(55)35(58)41(64-21)67-38-25(19-50)65-40(37(60)34(38)57)63-20-26-31(54)33(56)36(59)42(66-26)68-43(61)49-15-14-47(7)22(23(49)17-44(2,3)29(52)18-49)16-24(62-9)39-46(6)12-11-28(51)45(4,5)27(46)10-13-48(39,47)8/h16,21,23-27,29-42,50,52-60H,10-15,17-20H2,1-9H3. The first kappa shape index (κ1) is 52.6. The molecule has 8 rings (SSSR count). The average Bonchev–Trinajstić information content (AvgIpc) is 3.28. The van der Waals surface area contributed by atoms with E-state index in [-0.39, 0.29) is 35.2 Å². The molecule has 24 unspecified atom stereocenters. The zero-order chi connectivity index (χ0) is 50.0. The van der Waals surface area contributed by atoms with E-state index in [1.54, 1.807) is 7.11 Å². The maximum Gasteiger partial charge on any atom is 0.315 e. The highest BCUT2D eigenvalue weighted by Gasteiger charge is 2.72. The van der Waals surface area contributed by atoms with Crippen molar-refractivity contribution in [2.45, 2.75) is 211 Å². The summed E-state index contributed by atoms with van der Waals surface area (Å²) in [6.45, 7) is 15.1. The van der Waals surface area contributed by atoms with Crippen LogP contribution < -0.4 is 0 Å². The van der Waals surface area contributed by atoms with Crippen molar-refractivity contribution in [2.75, 3.05) is 20.3 Å². The van der Waals surface area contributed by atoms with Crippen molar-refractivity contribution in [1.29, 1.82) is 0 Å². The van der Waals surface area contributed by atoms with Gasteiger partial charge in [-0.3, -0.25) is 9.59 Å². The molecule has 0 aromatic heterocycles. The third-order valence-electron chi connectivity index (χ3n) is 19.4. The first-order valence-electron chi connectivity index (χ1n) is 24.6.